The Morgan fingerprint density at radius 1 is 1.04 bits per heavy atom. The summed E-state index contributed by atoms with van der Waals surface area (Å²) in [5.41, 5.74) is 1.74. The molecule has 5 nitrogen and oxygen atoms in total. The second-order valence-electron chi connectivity index (χ2n) is 5.71. The van der Waals surface area contributed by atoms with Crippen LogP contribution < -0.4 is 10.6 Å². The van der Waals surface area contributed by atoms with E-state index in [2.05, 4.69) is 25.6 Å². The monoisotopic (exact) mass is 371 g/mol. The fourth-order valence-corrected chi connectivity index (χ4v) is 3.29. The predicted molar refractivity (Wildman–Crippen MR) is 99.2 cm³/mol. The number of nitrogens with one attached hydrogen (secondary N) is 2. The lowest BCUT2D eigenvalue weighted by Gasteiger charge is -2.14. The summed E-state index contributed by atoms with van der Waals surface area (Å²) in [6.45, 7) is 1.67. The summed E-state index contributed by atoms with van der Waals surface area (Å²) in [5, 5.41) is 8.87. The van der Waals surface area contributed by atoms with Crippen LogP contribution in [0.1, 0.15) is 6.42 Å². The maximum atomic E-state index is 14.0. The molecule has 3 aromatic rings. The van der Waals surface area contributed by atoms with E-state index in [1.54, 1.807) is 18.2 Å². The Morgan fingerprint density at radius 3 is 2.77 bits per heavy atom. The lowest BCUT2D eigenvalue weighted by molar-refractivity contribution is 0.602. The summed E-state index contributed by atoms with van der Waals surface area (Å²) >= 11 is 1.43. The van der Waals surface area contributed by atoms with Crippen LogP contribution in [0.2, 0.25) is 0 Å². The summed E-state index contributed by atoms with van der Waals surface area (Å²) < 4.78 is 27.5. The zero-order chi connectivity index (χ0) is 17.9. The van der Waals surface area contributed by atoms with E-state index in [1.165, 1.54) is 11.3 Å². The highest BCUT2D eigenvalue weighted by Crippen LogP contribution is 2.27. The SMILES string of the molecule is Fc1ccc(F)c(-c2cccc(-c3csc(NC4=NCCCN4)n3)n2)c1. The van der Waals surface area contributed by atoms with Crippen LogP contribution in [-0.4, -0.2) is 29.0 Å². The van der Waals surface area contributed by atoms with E-state index in [9.17, 15) is 8.78 Å². The van der Waals surface area contributed by atoms with Gasteiger partial charge < -0.3 is 10.6 Å². The largest absolute Gasteiger partial charge is 0.356 e. The molecule has 1 aromatic carbocycles. The minimum Gasteiger partial charge on any atom is -0.356 e. The maximum absolute atomic E-state index is 14.0. The molecular weight excluding hydrogens is 356 g/mol. The third kappa shape index (κ3) is 3.55. The molecule has 0 saturated carbocycles. The Balaban J connectivity index is 1.61. The average Bonchev–Trinajstić information content (AvgIpc) is 3.13. The molecule has 2 N–H and O–H groups in total. The second kappa shape index (κ2) is 7.17. The molecule has 0 aliphatic carbocycles. The van der Waals surface area contributed by atoms with Gasteiger partial charge in [0.05, 0.1) is 11.4 Å². The summed E-state index contributed by atoms with van der Waals surface area (Å²) in [5.74, 6) is -0.312. The maximum Gasteiger partial charge on any atom is 0.197 e. The van der Waals surface area contributed by atoms with Crippen molar-refractivity contribution in [2.75, 3.05) is 18.4 Å². The van der Waals surface area contributed by atoms with Gasteiger partial charge in [0.15, 0.2) is 11.1 Å². The molecule has 4 rings (SSSR count). The fraction of sp³-hybridized carbons (Fsp3) is 0.167. The molecule has 0 bridgehead atoms. The highest BCUT2D eigenvalue weighted by atomic mass is 32.1. The Kier molecular flexibility index (Phi) is 4.57. The third-order valence-corrected chi connectivity index (χ3v) is 4.60. The predicted octanol–water partition coefficient (Wildman–Crippen LogP) is 3.91. The lowest BCUT2D eigenvalue weighted by Crippen LogP contribution is -2.35. The number of hydrogen-bond acceptors (Lipinski definition) is 6. The molecule has 8 heteroatoms. The number of thiazole rings is 1. The van der Waals surface area contributed by atoms with E-state index in [4.69, 9.17) is 0 Å². The van der Waals surface area contributed by atoms with Crippen LogP contribution in [0.25, 0.3) is 22.6 Å². The van der Waals surface area contributed by atoms with Gasteiger partial charge in [-0.1, -0.05) is 6.07 Å². The molecular formula is C18H15F2N5S. The average molecular weight is 371 g/mol. The van der Waals surface area contributed by atoms with Crippen LogP contribution in [0.15, 0.2) is 46.8 Å². The van der Waals surface area contributed by atoms with Gasteiger partial charge in [0.25, 0.3) is 0 Å². The van der Waals surface area contributed by atoms with E-state index >= 15 is 0 Å². The standard InChI is InChI=1S/C18H15F2N5S/c19-11-5-6-13(20)12(9-11)14-3-1-4-15(23-14)16-10-26-18(24-16)25-17-21-7-2-8-22-17/h1,3-6,9-10H,2,7-8H2,(H2,21,22,24,25). The third-order valence-electron chi connectivity index (χ3n) is 3.84. The van der Waals surface area contributed by atoms with Gasteiger partial charge in [0.2, 0.25) is 0 Å². The molecule has 0 fully saturated rings. The fourth-order valence-electron chi connectivity index (χ4n) is 2.59. The zero-order valence-corrected chi connectivity index (χ0v) is 14.5. The van der Waals surface area contributed by atoms with E-state index in [-0.39, 0.29) is 5.56 Å². The van der Waals surface area contributed by atoms with E-state index in [1.807, 2.05) is 5.38 Å². The molecule has 0 saturated heterocycles. The number of guanidine groups is 1. The number of rotatable bonds is 3. The van der Waals surface area contributed by atoms with E-state index < -0.39 is 11.6 Å². The molecule has 0 spiro atoms. The molecule has 2 aromatic heterocycles. The van der Waals surface area contributed by atoms with Crippen molar-refractivity contribution in [2.45, 2.75) is 6.42 Å². The van der Waals surface area contributed by atoms with E-state index in [0.717, 1.165) is 37.7 Å². The molecule has 3 heterocycles. The number of nitrogens with zero attached hydrogens (tertiary/aromatic N) is 3. The number of benzene rings is 1. The first-order valence-corrected chi connectivity index (χ1v) is 9.01. The molecule has 26 heavy (non-hydrogen) atoms. The van der Waals surface area contributed by atoms with Gasteiger partial charge in [-0.05, 0) is 36.8 Å². The van der Waals surface area contributed by atoms with Crippen molar-refractivity contribution < 1.29 is 8.78 Å². The molecule has 0 radical (unpaired) electrons. The number of aliphatic imine (C=N–C) groups is 1. The molecule has 1 aliphatic heterocycles. The van der Waals surface area contributed by atoms with Gasteiger partial charge in [-0.2, -0.15) is 0 Å². The molecule has 0 atom stereocenters. The Bertz CT molecular complexity index is 970. The zero-order valence-electron chi connectivity index (χ0n) is 13.7. The molecule has 1 aliphatic rings. The van der Waals surface area contributed by atoms with Crippen molar-refractivity contribution in [1.82, 2.24) is 15.3 Å². The Labute approximate surface area is 152 Å². The summed E-state index contributed by atoms with van der Waals surface area (Å²) in [4.78, 5) is 13.3. The Hall–Kier alpha value is -2.87. The van der Waals surface area contributed by atoms with Crippen molar-refractivity contribution >= 4 is 22.4 Å². The van der Waals surface area contributed by atoms with Gasteiger partial charge in [0.1, 0.15) is 17.3 Å². The van der Waals surface area contributed by atoms with E-state index in [0.29, 0.717) is 28.2 Å². The Morgan fingerprint density at radius 2 is 1.92 bits per heavy atom. The molecule has 132 valence electrons. The van der Waals surface area contributed by atoms with Crippen LogP contribution in [0.3, 0.4) is 0 Å². The number of hydrogen-bond donors (Lipinski definition) is 2. The first-order valence-electron chi connectivity index (χ1n) is 8.13. The van der Waals surface area contributed by atoms with Crippen LogP contribution in [-0.2, 0) is 0 Å². The van der Waals surface area contributed by atoms with Crippen LogP contribution in [0, 0.1) is 11.6 Å². The van der Waals surface area contributed by atoms with Gasteiger partial charge in [-0.25, -0.2) is 18.7 Å². The molecule has 0 amide bonds. The van der Waals surface area contributed by atoms with Crippen molar-refractivity contribution in [1.29, 1.82) is 0 Å². The van der Waals surface area contributed by atoms with Crippen molar-refractivity contribution in [3.8, 4) is 22.6 Å². The molecule has 0 unspecified atom stereocenters. The van der Waals surface area contributed by atoms with Crippen LogP contribution >= 0.6 is 11.3 Å². The number of anilines is 1. The smallest absolute Gasteiger partial charge is 0.197 e. The highest BCUT2D eigenvalue weighted by molar-refractivity contribution is 7.14. The van der Waals surface area contributed by atoms with Gasteiger partial charge in [0, 0.05) is 24.0 Å². The second-order valence-corrected chi connectivity index (χ2v) is 6.56. The summed E-state index contributed by atoms with van der Waals surface area (Å²) in [6.07, 6.45) is 1.02. The van der Waals surface area contributed by atoms with Crippen molar-refractivity contribution in [3.05, 3.63) is 53.4 Å². The highest BCUT2D eigenvalue weighted by Gasteiger charge is 2.12. The minimum atomic E-state index is -0.516. The van der Waals surface area contributed by atoms with Crippen LogP contribution in [0.4, 0.5) is 13.9 Å². The first kappa shape index (κ1) is 16.6. The van der Waals surface area contributed by atoms with Crippen LogP contribution in [0.5, 0.6) is 0 Å². The topological polar surface area (TPSA) is 62.2 Å². The normalized spacial score (nSPS) is 13.8. The number of aromatic nitrogens is 2. The van der Waals surface area contributed by atoms with Crippen molar-refractivity contribution in [2.24, 2.45) is 4.99 Å². The first-order chi connectivity index (χ1) is 12.7. The quantitative estimate of drug-likeness (QED) is 0.733. The van der Waals surface area contributed by atoms with Gasteiger partial charge >= 0.3 is 0 Å². The summed E-state index contributed by atoms with van der Waals surface area (Å²) in [6, 6.07) is 8.51. The number of pyridine rings is 1. The summed E-state index contributed by atoms with van der Waals surface area (Å²) in [7, 11) is 0. The minimum absolute atomic E-state index is 0.126. The van der Waals surface area contributed by atoms with Crippen molar-refractivity contribution in [3.63, 3.8) is 0 Å². The van der Waals surface area contributed by atoms with Gasteiger partial charge in [-0.3, -0.25) is 4.99 Å². The lowest BCUT2D eigenvalue weighted by atomic mass is 10.1. The van der Waals surface area contributed by atoms with Gasteiger partial charge in [-0.15, -0.1) is 11.3 Å². The number of halogens is 2.